The number of hydrogen-bond donors (Lipinski definition) is 2. The van der Waals surface area contributed by atoms with Crippen LogP contribution in [0.5, 0.6) is 0 Å². The molecule has 0 unspecified atom stereocenters. The molecule has 0 spiro atoms. The molecule has 1 aromatic rings. The smallest absolute Gasteiger partial charge is 0.326 e. The first-order valence-electron chi connectivity index (χ1n) is 11.5. The number of nitrogens with zero attached hydrogens (tertiary/aromatic N) is 3. The molecule has 9 heteroatoms. The minimum Gasteiger partial charge on any atom is -0.378 e. The second-order valence-electron chi connectivity index (χ2n) is 8.65. The molecule has 2 saturated heterocycles. The number of carbonyl (C=O) groups is 3. The average molecular weight is 445 g/mol. The fourth-order valence-electron chi connectivity index (χ4n) is 4.82. The van der Waals surface area contributed by atoms with Crippen LogP contribution >= 0.6 is 0 Å². The zero-order valence-electron chi connectivity index (χ0n) is 18.3. The van der Waals surface area contributed by atoms with Crippen molar-refractivity contribution >= 4 is 23.5 Å². The third-order valence-corrected chi connectivity index (χ3v) is 6.65. The molecule has 1 saturated carbocycles. The van der Waals surface area contributed by atoms with E-state index in [0.29, 0.717) is 32.8 Å². The van der Waals surface area contributed by atoms with Crippen molar-refractivity contribution in [3.8, 4) is 0 Å². The molecule has 1 aliphatic carbocycles. The Morgan fingerprint density at radius 1 is 0.938 bits per heavy atom. The van der Waals surface area contributed by atoms with Crippen LogP contribution in [-0.2, 0) is 14.3 Å². The van der Waals surface area contributed by atoms with Crippen molar-refractivity contribution in [2.75, 3.05) is 44.3 Å². The van der Waals surface area contributed by atoms with Crippen LogP contribution in [0, 0.1) is 5.92 Å². The van der Waals surface area contributed by atoms with E-state index in [0.717, 1.165) is 37.8 Å². The van der Waals surface area contributed by atoms with Crippen LogP contribution < -0.4 is 10.2 Å². The Morgan fingerprint density at radius 3 is 2.31 bits per heavy atom. The van der Waals surface area contributed by atoms with E-state index < -0.39 is 18.3 Å². The average Bonchev–Trinajstić information content (AvgIpc) is 2.85. The van der Waals surface area contributed by atoms with Gasteiger partial charge in [-0.1, -0.05) is 37.5 Å². The fourth-order valence-corrected chi connectivity index (χ4v) is 4.82. The molecule has 0 aromatic heterocycles. The van der Waals surface area contributed by atoms with Gasteiger partial charge in [0.2, 0.25) is 11.8 Å². The first-order valence-corrected chi connectivity index (χ1v) is 11.5. The zero-order chi connectivity index (χ0) is 22.5. The quantitative estimate of drug-likeness (QED) is 0.726. The molecule has 2 aliphatic heterocycles. The molecule has 3 fully saturated rings. The van der Waals surface area contributed by atoms with Crippen molar-refractivity contribution in [2.24, 2.45) is 5.92 Å². The molecule has 4 amide bonds. The maximum atomic E-state index is 13.4. The first-order chi connectivity index (χ1) is 15.6. The summed E-state index contributed by atoms with van der Waals surface area (Å²) in [5, 5.41) is 13.7. The molecule has 2 N–H and O–H groups in total. The summed E-state index contributed by atoms with van der Waals surface area (Å²) < 4.78 is 5.35. The number of anilines is 1. The van der Waals surface area contributed by atoms with Gasteiger partial charge in [0, 0.05) is 37.8 Å². The lowest BCUT2D eigenvalue weighted by Gasteiger charge is -2.46. The summed E-state index contributed by atoms with van der Waals surface area (Å²) in [7, 11) is 0. The highest BCUT2D eigenvalue weighted by molar-refractivity contribution is 5.96. The van der Waals surface area contributed by atoms with Gasteiger partial charge in [0.15, 0.2) is 12.3 Å². The number of rotatable bonds is 3. The zero-order valence-corrected chi connectivity index (χ0v) is 18.3. The predicted molar refractivity (Wildman–Crippen MR) is 118 cm³/mol. The molecule has 0 radical (unpaired) electrons. The van der Waals surface area contributed by atoms with Crippen molar-refractivity contribution in [1.29, 1.82) is 0 Å². The molecule has 3 aliphatic rings. The number of piperazine rings is 1. The maximum absolute atomic E-state index is 13.4. The van der Waals surface area contributed by atoms with E-state index in [-0.39, 0.29) is 24.3 Å². The number of amides is 4. The third kappa shape index (κ3) is 4.88. The Morgan fingerprint density at radius 2 is 1.62 bits per heavy atom. The lowest BCUT2D eigenvalue weighted by atomic mass is 9.89. The Kier molecular flexibility index (Phi) is 7.26. The maximum Gasteiger partial charge on any atom is 0.326 e. The lowest BCUT2D eigenvalue weighted by Crippen LogP contribution is -2.68. The highest BCUT2D eigenvalue weighted by atomic mass is 16.5. The molecule has 2 atom stereocenters. The molecule has 2 heterocycles. The third-order valence-electron chi connectivity index (χ3n) is 6.65. The van der Waals surface area contributed by atoms with Crippen molar-refractivity contribution in [1.82, 2.24) is 15.1 Å². The number of aliphatic hydroxyl groups is 1. The summed E-state index contributed by atoms with van der Waals surface area (Å²) in [5.74, 6) is -0.703. The summed E-state index contributed by atoms with van der Waals surface area (Å²) in [4.78, 5) is 43.6. The normalized spacial score (nSPS) is 24.8. The van der Waals surface area contributed by atoms with Gasteiger partial charge in [-0.3, -0.25) is 19.8 Å². The number of ether oxygens (including phenoxy) is 1. The van der Waals surface area contributed by atoms with E-state index in [4.69, 9.17) is 4.74 Å². The summed E-state index contributed by atoms with van der Waals surface area (Å²) in [6.07, 6.45) is 3.27. The van der Waals surface area contributed by atoms with Gasteiger partial charge in [-0.2, -0.15) is 0 Å². The van der Waals surface area contributed by atoms with E-state index in [2.05, 4.69) is 5.32 Å². The minimum atomic E-state index is -1.38. The van der Waals surface area contributed by atoms with Crippen LogP contribution in [0.25, 0.3) is 0 Å². The van der Waals surface area contributed by atoms with Crippen LogP contribution in [0.1, 0.15) is 32.1 Å². The number of morpholine rings is 1. The number of hydrogen-bond acceptors (Lipinski definition) is 6. The number of nitrogens with one attached hydrogen (secondary N) is 1. The molecular weight excluding hydrogens is 412 g/mol. The van der Waals surface area contributed by atoms with Crippen LogP contribution in [0.15, 0.2) is 30.3 Å². The van der Waals surface area contributed by atoms with Crippen LogP contribution in [0.3, 0.4) is 0 Å². The monoisotopic (exact) mass is 444 g/mol. The summed E-state index contributed by atoms with van der Waals surface area (Å²) in [6, 6.07) is 7.81. The van der Waals surface area contributed by atoms with Crippen LogP contribution in [0.4, 0.5) is 10.5 Å². The molecule has 4 rings (SSSR count). The van der Waals surface area contributed by atoms with Crippen molar-refractivity contribution in [3.05, 3.63) is 30.3 Å². The van der Waals surface area contributed by atoms with Crippen molar-refractivity contribution in [3.63, 3.8) is 0 Å². The second kappa shape index (κ2) is 10.3. The second-order valence-corrected chi connectivity index (χ2v) is 8.65. The predicted octanol–water partition coefficient (Wildman–Crippen LogP) is 1.17. The SMILES string of the molecule is O=C(NC(=O)N1CCN(c2ccccc2)[C@H](C(=O)N2CCOCC2)[C@@H]1O)C1CCCCC1. The number of benzene rings is 1. The first kappa shape index (κ1) is 22.5. The largest absolute Gasteiger partial charge is 0.378 e. The van der Waals surface area contributed by atoms with Gasteiger partial charge in [-0.05, 0) is 25.0 Å². The molecular formula is C23H32N4O5. The molecule has 174 valence electrons. The number of urea groups is 1. The Labute approximate surface area is 188 Å². The van der Waals surface area contributed by atoms with Crippen molar-refractivity contribution < 1.29 is 24.2 Å². The Hall–Kier alpha value is -2.65. The standard InChI is InChI=1S/C23H32N4O5/c28-20(17-7-3-1-4-8-17)24-23(31)27-12-11-26(18-9-5-2-6-10-18)19(22(27)30)21(29)25-13-15-32-16-14-25/h2,5-6,9-10,17,19,22,30H,1,3-4,7-8,11-16H2,(H,24,28,31)/t19-,22+/m1/s1. The van der Waals surface area contributed by atoms with Gasteiger partial charge in [0.1, 0.15) is 0 Å². The van der Waals surface area contributed by atoms with Crippen LogP contribution in [0.2, 0.25) is 0 Å². The topological polar surface area (TPSA) is 102 Å². The number of imide groups is 1. The Bertz CT molecular complexity index is 808. The molecule has 32 heavy (non-hydrogen) atoms. The highest BCUT2D eigenvalue weighted by Crippen LogP contribution is 2.26. The fraction of sp³-hybridized carbons (Fsp3) is 0.609. The highest BCUT2D eigenvalue weighted by Gasteiger charge is 2.44. The van der Waals surface area contributed by atoms with Gasteiger partial charge in [-0.15, -0.1) is 0 Å². The van der Waals surface area contributed by atoms with E-state index in [1.807, 2.05) is 35.2 Å². The number of para-hydroxylation sites is 1. The lowest BCUT2D eigenvalue weighted by molar-refractivity contribution is -0.143. The molecule has 0 bridgehead atoms. The van der Waals surface area contributed by atoms with Gasteiger partial charge in [0.05, 0.1) is 13.2 Å². The van der Waals surface area contributed by atoms with E-state index in [1.54, 1.807) is 4.90 Å². The van der Waals surface area contributed by atoms with E-state index in [9.17, 15) is 19.5 Å². The van der Waals surface area contributed by atoms with Gasteiger partial charge in [0.25, 0.3) is 0 Å². The van der Waals surface area contributed by atoms with E-state index in [1.165, 1.54) is 4.90 Å². The van der Waals surface area contributed by atoms with Gasteiger partial charge < -0.3 is 19.6 Å². The summed E-state index contributed by atoms with van der Waals surface area (Å²) >= 11 is 0. The van der Waals surface area contributed by atoms with Gasteiger partial charge >= 0.3 is 6.03 Å². The minimum absolute atomic E-state index is 0.166. The molecule has 1 aromatic carbocycles. The van der Waals surface area contributed by atoms with Crippen LogP contribution in [-0.4, -0.2) is 84.4 Å². The Balaban J connectivity index is 1.51. The number of aliphatic hydroxyl groups excluding tert-OH is 1. The van der Waals surface area contributed by atoms with Crippen molar-refractivity contribution in [2.45, 2.75) is 44.4 Å². The van der Waals surface area contributed by atoms with E-state index >= 15 is 0 Å². The van der Waals surface area contributed by atoms with Gasteiger partial charge in [-0.25, -0.2) is 4.79 Å². The summed E-state index contributed by atoms with van der Waals surface area (Å²) in [5.41, 5.74) is 0.802. The summed E-state index contributed by atoms with van der Waals surface area (Å²) in [6.45, 7) is 2.34. The number of carbonyl (C=O) groups excluding carboxylic acids is 3. The molecule has 9 nitrogen and oxygen atoms in total.